The molecule has 31 heavy (non-hydrogen) atoms. The van der Waals surface area contributed by atoms with Gasteiger partial charge < -0.3 is 15.3 Å². The summed E-state index contributed by atoms with van der Waals surface area (Å²) in [6.45, 7) is 1.98. The van der Waals surface area contributed by atoms with E-state index in [0.29, 0.717) is 31.5 Å². The fourth-order valence-corrected chi connectivity index (χ4v) is 4.05. The molecule has 0 radical (unpaired) electrons. The molecule has 0 bridgehead atoms. The summed E-state index contributed by atoms with van der Waals surface area (Å²) in [4.78, 5) is 36.6. The Kier molecular flexibility index (Phi) is 8.67. The molecule has 12 heteroatoms. The molecule has 2 N–H and O–H groups in total. The molecule has 1 aliphatic heterocycles. The summed E-state index contributed by atoms with van der Waals surface area (Å²) in [6.07, 6.45) is 3.37. The number of nitrogens with zero attached hydrogens (tertiary/aromatic N) is 1. The largest absolute Gasteiger partial charge is 0.480 e. The van der Waals surface area contributed by atoms with E-state index in [4.69, 9.17) is 28.3 Å². The van der Waals surface area contributed by atoms with Crippen molar-refractivity contribution in [2.24, 2.45) is 5.92 Å². The molecule has 1 atom stereocenters. The van der Waals surface area contributed by atoms with Crippen molar-refractivity contribution < 1.29 is 32.7 Å². The Morgan fingerprint density at radius 2 is 1.84 bits per heavy atom. The maximum atomic E-state index is 12.5. The highest BCUT2D eigenvalue weighted by Gasteiger charge is 2.31. The summed E-state index contributed by atoms with van der Waals surface area (Å²) in [6, 6.07) is 1.53. The van der Waals surface area contributed by atoms with Gasteiger partial charge in [0.25, 0.3) is 0 Å². The number of likely N-dealkylation sites (tertiary alicyclic amines) is 1. The highest BCUT2D eigenvalue weighted by Crippen LogP contribution is 2.43. The number of alkyl halides is 3. The molecular weight excluding hydrogens is 480 g/mol. The Morgan fingerprint density at radius 1 is 1.23 bits per heavy atom. The van der Waals surface area contributed by atoms with Crippen LogP contribution in [0.25, 0.3) is 6.08 Å². The number of rotatable bonds is 6. The lowest BCUT2D eigenvalue weighted by molar-refractivity contribution is -0.142. The van der Waals surface area contributed by atoms with E-state index in [9.17, 15) is 27.6 Å². The van der Waals surface area contributed by atoms with Crippen molar-refractivity contribution in [3.63, 3.8) is 0 Å². The van der Waals surface area contributed by atoms with E-state index in [1.165, 1.54) is 36.1 Å². The van der Waals surface area contributed by atoms with E-state index in [2.05, 4.69) is 5.32 Å². The normalized spacial score (nSPS) is 16.4. The van der Waals surface area contributed by atoms with Gasteiger partial charge in [-0.1, -0.05) is 29.3 Å². The smallest absolute Gasteiger partial charge is 0.446 e. The summed E-state index contributed by atoms with van der Waals surface area (Å²) in [7, 11) is 0. The Bertz CT molecular complexity index is 888. The van der Waals surface area contributed by atoms with Crippen molar-refractivity contribution in [3.8, 4) is 0 Å². The number of aliphatic carboxylic acids is 1. The Morgan fingerprint density at radius 3 is 2.39 bits per heavy atom. The van der Waals surface area contributed by atoms with Gasteiger partial charge in [0.1, 0.15) is 6.04 Å². The van der Waals surface area contributed by atoms with E-state index in [1.54, 1.807) is 0 Å². The van der Waals surface area contributed by atoms with Crippen LogP contribution in [0, 0.1) is 5.92 Å². The number of carbonyl (C=O) groups is 3. The van der Waals surface area contributed by atoms with Crippen molar-refractivity contribution in [1.82, 2.24) is 10.2 Å². The van der Waals surface area contributed by atoms with Gasteiger partial charge in [-0.15, -0.1) is 0 Å². The first-order chi connectivity index (χ1) is 14.4. The molecule has 1 aromatic rings. The standard InChI is InChI=1S/C19H19Cl2F3N2O4S/c1-10(18(29)30)25-17(28)12-6-8-26(9-7-12)14(27)5-3-11-2-4-13(16(21)15(11)20)31-19(22,23)24/h2-5,10,12H,6-9H2,1H3,(H,25,28)(H,29,30)/b5-3+/t10-/m0/s1. The maximum absolute atomic E-state index is 12.5. The lowest BCUT2D eigenvalue weighted by Gasteiger charge is -2.31. The van der Waals surface area contributed by atoms with Crippen LogP contribution in [0.2, 0.25) is 10.0 Å². The molecule has 1 heterocycles. The van der Waals surface area contributed by atoms with E-state index in [-0.39, 0.29) is 44.4 Å². The lowest BCUT2D eigenvalue weighted by Crippen LogP contribution is -2.46. The molecule has 0 aliphatic carbocycles. The Labute approximate surface area is 190 Å². The summed E-state index contributed by atoms with van der Waals surface area (Å²) in [5.41, 5.74) is -4.21. The van der Waals surface area contributed by atoms with Crippen LogP contribution in [0.3, 0.4) is 0 Å². The average Bonchev–Trinajstić information content (AvgIpc) is 2.69. The number of benzene rings is 1. The zero-order valence-corrected chi connectivity index (χ0v) is 18.5. The minimum atomic E-state index is -4.50. The number of hydrogen-bond donors (Lipinski definition) is 2. The molecule has 2 amide bonds. The van der Waals surface area contributed by atoms with Gasteiger partial charge in [-0.25, -0.2) is 0 Å². The van der Waals surface area contributed by atoms with E-state index >= 15 is 0 Å². The number of thioether (sulfide) groups is 1. The second-order valence-electron chi connectivity index (χ2n) is 6.83. The third-order valence-electron chi connectivity index (χ3n) is 4.61. The van der Waals surface area contributed by atoms with Crippen LogP contribution >= 0.6 is 35.0 Å². The first-order valence-electron chi connectivity index (χ1n) is 9.13. The molecule has 1 saturated heterocycles. The summed E-state index contributed by atoms with van der Waals surface area (Å²) in [5, 5.41) is 10.9. The van der Waals surface area contributed by atoms with E-state index in [0.717, 1.165) is 0 Å². The number of piperidine rings is 1. The SMILES string of the molecule is C[C@H](NC(=O)C1CCN(C(=O)/C=C/c2ccc(SC(F)(F)F)c(Cl)c2Cl)CC1)C(=O)O. The average molecular weight is 499 g/mol. The Balaban J connectivity index is 1.95. The maximum Gasteiger partial charge on any atom is 0.446 e. The second kappa shape index (κ2) is 10.6. The molecule has 1 aliphatic rings. The van der Waals surface area contributed by atoms with Crippen molar-refractivity contribution in [3.05, 3.63) is 33.8 Å². The van der Waals surface area contributed by atoms with Crippen LogP contribution in [-0.2, 0) is 14.4 Å². The highest BCUT2D eigenvalue weighted by molar-refractivity contribution is 8.00. The highest BCUT2D eigenvalue weighted by atomic mass is 35.5. The molecule has 0 saturated carbocycles. The van der Waals surface area contributed by atoms with Crippen LogP contribution in [-0.4, -0.2) is 52.4 Å². The number of carboxylic acid groups (broad SMARTS) is 1. The first kappa shape index (κ1) is 25.4. The molecular formula is C19H19Cl2F3N2O4S. The summed E-state index contributed by atoms with van der Waals surface area (Å²) in [5.74, 6) is -2.23. The molecule has 0 aromatic heterocycles. The summed E-state index contributed by atoms with van der Waals surface area (Å²) >= 11 is 11.6. The molecule has 6 nitrogen and oxygen atoms in total. The third kappa shape index (κ3) is 7.33. The van der Waals surface area contributed by atoms with Crippen LogP contribution in [0.5, 0.6) is 0 Å². The van der Waals surface area contributed by atoms with E-state index in [1.807, 2.05) is 0 Å². The fraction of sp³-hybridized carbons (Fsp3) is 0.421. The number of amides is 2. The molecule has 2 rings (SSSR count). The second-order valence-corrected chi connectivity index (χ2v) is 8.69. The number of carbonyl (C=O) groups excluding carboxylic acids is 2. The Hall–Kier alpha value is -1.91. The first-order valence-corrected chi connectivity index (χ1v) is 10.7. The van der Waals surface area contributed by atoms with Gasteiger partial charge in [-0.3, -0.25) is 14.4 Å². The summed E-state index contributed by atoms with van der Waals surface area (Å²) < 4.78 is 37.6. The van der Waals surface area contributed by atoms with Crippen molar-refractivity contribution in [1.29, 1.82) is 0 Å². The molecule has 1 fully saturated rings. The van der Waals surface area contributed by atoms with Gasteiger partial charge in [0.15, 0.2) is 0 Å². The quantitative estimate of drug-likeness (QED) is 0.447. The van der Waals surface area contributed by atoms with Gasteiger partial charge in [-0.2, -0.15) is 13.2 Å². The van der Waals surface area contributed by atoms with Crippen LogP contribution < -0.4 is 5.32 Å². The van der Waals surface area contributed by atoms with Crippen LogP contribution in [0.15, 0.2) is 23.1 Å². The number of carboxylic acids is 1. The van der Waals surface area contributed by atoms with Gasteiger partial charge in [0.05, 0.1) is 10.0 Å². The van der Waals surface area contributed by atoms with Crippen molar-refractivity contribution in [2.75, 3.05) is 13.1 Å². The van der Waals surface area contributed by atoms with Crippen LogP contribution in [0.1, 0.15) is 25.3 Å². The zero-order valence-electron chi connectivity index (χ0n) is 16.2. The van der Waals surface area contributed by atoms with Crippen molar-refractivity contribution >= 4 is 58.8 Å². The predicted molar refractivity (Wildman–Crippen MR) is 112 cm³/mol. The number of hydrogen-bond acceptors (Lipinski definition) is 4. The molecule has 1 aromatic carbocycles. The fourth-order valence-electron chi connectivity index (χ4n) is 2.90. The number of nitrogens with one attached hydrogen (secondary N) is 1. The molecule has 0 unspecified atom stereocenters. The minimum absolute atomic E-state index is 0.0945. The third-order valence-corrected chi connectivity index (χ3v) is 6.41. The molecule has 170 valence electrons. The zero-order chi connectivity index (χ0) is 23.3. The topological polar surface area (TPSA) is 86.7 Å². The number of halogens is 5. The predicted octanol–water partition coefficient (Wildman–Crippen LogP) is 4.45. The van der Waals surface area contributed by atoms with Gasteiger partial charge in [0.2, 0.25) is 11.8 Å². The minimum Gasteiger partial charge on any atom is -0.480 e. The van der Waals surface area contributed by atoms with Gasteiger partial charge in [-0.05, 0) is 49.2 Å². The van der Waals surface area contributed by atoms with E-state index < -0.39 is 17.5 Å². The lowest BCUT2D eigenvalue weighted by atomic mass is 9.95. The van der Waals surface area contributed by atoms with Gasteiger partial charge in [0, 0.05) is 30.0 Å². The van der Waals surface area contributed by atoms with Crippen molar-refractivity contribution in [2.45, 2.75) is 36.2 Å². The van der Waals surface area contributed by atoms with Crippen LogP contribution in [0.4, 0.5) is 13.2 Å². The van der Waals surface area contributed by atoms with Gasteiger partial charge >= 0.3 is 11.5 Å². The molecule has 0 spiro atoms. The monoisotopic (exact) mass is 498 g/mol.